The van der Waals surface area contributed by atoms with E-state index in [0.29, 0.717) is 16.0 Å². The highest BCUT2D eigenvalue weighted by atomic mass is 35.5. The number of aryl methyl sites for hydroxylation is 2. The second kappa shape index (κ2) is 7.15. The van der Waals surface area contributed by atoms with Gasteiger partial charge in [0.25, 0.3) is 0 Å². The molecule has 0 amide bonds. The molecule has 2 aromatic rings. The number of likely N-dealkylation sites (tertiary alicyclic amines) is 2. The maximum Gasteiger partial charge on any atom is 0.134 e. The van der Waals surface area contributed by atoms with Gasteiger partial charge >= 0.3 is 0 Å². The van der Waals surface area contributed by atoms with E-state index in [2.05, 4.69) is 40.8 Å². The third-order valence-corrected chi connectivity index (χ3v) is 6.61. The molecule has 2 aliphatic rings. The minimum absolute atomic E-state index is 0.411. The molecule has 7 heteroatoms. The lowest BCUT2D eigenvalue weighted by Crippen LogP contribution is -2.56. The van der Waals surface area contributed by atoms with Crippen molar-refractivity contribution in [2.75, 3.05) is 32.7 Å². The Kier molecular flexibility index (Phi) is 5.09. The summed E-state index contributed by atoms with van der Waals surface area (Å²) in [4.78, 5) is 5.15. The zero-order valence-corrected chi connectivity index (χ0v) is 18.5. The maximum absolute atomic E-state index is 6.56. The molecule has 0 saturated carbocycles. The van der Waals surface area contributed by atoms with Crippen LogP contribution in [0.5, 0.6) is 0 Å². The molecule has 0 unspecified atom stereocenters. The van der Waals surface area contributed by atoms with Crippen LogP contribution in [0.2, 0.25) is 5.15 Å². The lowest BCUT2D eigenvalue weighted by Gasteiger charge is -2.48. The van der Waals surface area contributed by atoms with Gasteiger partial charge in [0.2, 0.25) is 0 Å². The summed E-state index contributed by atoms with van der Waals surface area (Å²) >= 11 is 6.56. The van der Waals surface area contributed by atoms with Crippen LogP contribution in [-0.2, 0) is 13.6 Å². The first-order chi connectivity index (χ1) is 13.1. The second-order valence-electron chi connectivity index (χ2n) is 10.0. The van der Waals surface area contributed by atoms with Crippen LogP contribution in [0.3, 0.4) is 0 Å². The summed E-state index contributed by atoms with van der Waals surface area (Å²) in [7, 11) is 1.88. The SMILES string of the molecule is Cc1cc(-c2nn(C)c(Cl)c2CN2CC3(CCN(CCC(C)(C)C)C3)C2)no1. The first-order valence-corrected chi connectivity index (χ1v) is 10.6. The molecule has 2 aliphatic heterocycles. The van der Waals surface area contributed by atoms with Crippen LogP contribution in [0, 0.1) is 17.8 Å². The first-order valence-electron chi connectivity index (χ1n) is 10.2. The quantitative estimate of drug-likeness (QED) is 0.753. The molecule has 2 saturated heterocycles. The fourth-order valence-corrected chi connectivity index (χ4v) is 4.77. The van der Waals surface area contributed by atoms with Gasteiger partial charge < -0.3 is 9.42 Å². The fourth-order valence-electron chi connectivity index (χ4n) is 4.58. The highest BCUT2D eigenvalue weighted by Crippen LogP contribution is 2.42. The van der Waals surface area contributed by atoms with Gasteiger partial charge in [0.1, 0.15) is 22.3 Å². The lowest BCUT2D eigenvalue weighted by atomic mass is 9.79. The van der Waals surface area contributed by atoms with Crippen LogP contribution in [-0.4, -0.2) is 57.5 Å². The Hall–Kier alpha value is -1.37. The lowest BCUT2D eigenvalue weighted by molar-refractivity contribution is 0.00169. The minimum Gasteiger partial charge on any atom is -0.361 e. The molecule has 6 nitrogen and oxygen atoms in total. The predicted molar refractivity (Wildman–Crippen MR) is 111 cm³/mol. The third kappa shape index (κ3) is 4.00. The van der Waals surface area contributed by atoms with Crippen molar-refractivity contribution in [1.82, 2.24) is 24.7 Å². The largest absolute Gasteiger partial charge is 0.361 e. The monoisotopic (exact) mass is 405 g/mol. The Morgan fingerprint density at radius 2 is 1.93 bits per heavy atom. The van der Waals surface area contributed by atoms with Gasteiger partial charge in [-0.2, -0.15) is 5.10 Å². The molecule has 2 aromatic heterocycles. The van der Waals surface area contributed by atoms with E-state index >= 15 is 0 Å². The molecule has 0 aromatic carbocycles. The van der Waals surface area contributed by atoms with Crippen LogP contribution in [0.1, 0.15) is 44.9 Å². The third-order valence-electron chi connectivity index (χ3n) is 6.13. The number of nitrogens with zero attached hydrogens (tertiary/aromatic N) is 5. The van der Waals surface area contributed by atoms with Crippen molar-refractivity contribution in [1.29, 1.82) is 0 Å². The normalized spacial score (nSPS) is 20.2. The van der Waals surface area contributed by atoms with Crippen molar-refractivity contribution in [3.05, 3.63) is 22.5 Å². The fraction of sp³-hybridized carbons (Fsp3) is 0.714. The first kappa shape index (κ1) is 19.9. The summed E-state index contributed by atoms with van der Waals surface area (Å²) in [5.41, 5.74) is 3.53. The smallest absolute Gasteiger partial charge is 0.134 e. The predicted octanol–water partition coefficient (Wildman–Crippen LogP) is 3.98. The van der Waals surface area contributed by atoms with Crippen molar-refractivity contribution in [3.63, 3.8) is 0 Å². The van der Waals surface area contributed by atoms with E-state index in [1.54, 1.807) is 4.68 Å². The summed E-state index contributed by atoms with van der Waals surface area (Å²) in [5, 5.41) is 9.41. The topological polar surface area (TPSA) is 50.3 Å². The zero-order chi connectivity index (χ0) is 20.1. The van der Waals surface area contributed by atoms with Gasteiger partial charge in [0.15, 0.2) is 0 Å². The molecule has 4 heterocycles. The Morgan fingerprint density at radius 3 is 2.57 bits per heavy atom. The zero-order valence-electron chi connectivity index (χ0n) is 17.8. The molecule has 154 valence electrons. The van der Waals surface area contributed by atoms with E-state index in [9.17, 15) is 0 Å². The van der Waals surface area contributed by atoms with Gasteiger partial charge in [-0.05, 0) is 38.3 Å². The maximum atomic E-state index is 6.56. The van der Waals surface area contributed by atoms with Crippen LogP contribution in [0.25, 0.3) is 11.4 Å². The van der Waals surface area contributed by atoms with Gasteiger partial charge in [-0.3, -0.25) is 9.58 Å². The number of halogens is 1. The molecule has 0 radical (unpaired) electrons. The molecule has 4 rings (SSSR count). The highest BCUT2D eigenvalue weighted by Gasteiger charge is 2.47. The van der Waals surface area contributed by atoms with Gasteiger partial charge in [-0.1, -0.05) is 37.5 Å². The standard InChI is InChI=1S/C21H32ClN5O/c1-15-10-17(24-28-15)18-16(19(22)25(5)23-18)11-27-13-21(14-27)7-9-26(12-21)8-6-20(2,3)4/h10H,6-9,11-14H2,1-5H3. The van der Waals surface area contributed by atoms with Crippen molar-refractivity contribution in [3.8, 4) is 11.4 Å². The summed E-state index contributed by atoms with van der Waals surface area (Å²) in [5.74, 6) is 0.784. The van der Waals surface area contributed by atoms with Crippen LogP contribution >= 0.6 is 11.6 Å². The number of aromatic nitrogens is 3. The Morgan fingerprint density at radius 1 is 1.21 bits per heavy atom. The van der Waals surface area contributed by atoms with Crippen molar-refractivity contribution < 1.29 is 4.52 Å². The van der Waals surface area contributed by atoms with Crippen molar-refractivity contribution >= 4 is 11.6 Å². The Balaban J connectivity index is 1.38. The van der Waals surface area contributed by atoms with E-state index in [1.807, 2.05) is 20.0 Å². The molecule has 2 fully saturated rings. The Labute approximate surface area is 172 Å². The highest BCUT2D eigenvalue weighted by molar-refractivity contribution is 6.30. The Bertz CT molecular complexity index is 844. The average molecular weight is 406 g/mol. The van der Waals surface area contributed by atoms with Gasteiger partial charge in [0.05, 0.1) is 0 Å². The van der Waals surface area contributed by atoms with Gasteiger partial charge in [0, 0.05) is 50.3 Å². The van der Waals surface area contributed by atoms with E-state index in [0.717, 1.165) is 42.3 Å². The summed E-state index contributed by atoms with van der Waals surface area (Å²) in [6, 6.07) is 1.92. The molecule has 0 atom stereocenters. The minimum atomic E-state index is 0.411. The average Bonchev–Trinajstić information content (AvgIpc) is 3.26. The molecule has 1 spiro atoms. The molecular formula is C21H32ClN5O. The van der Waals surface area contributed by atoms with E-state index in [1.165, 1.54) is 32.5 Å². The second-order valence-corrected chi connectivity index (χ2v) is 10.4. The molecule has 28 heavy (non-hydrogen) atoms. The summed E-state index contributed by atoms with van der Waals surface area (Å²) in [6.45, 7) is 15.7. The van der Waals surface area contributed by atoms with Crippen LogP contribution in [0.4, 0.5) is 0 Å². The van der Waals surface area contributed by atoms with Gasteiger partial charge in [-0.15, -0.1) is 0 Å². The number of hydrogen-bond acceptors (Lipinski definition) is 5. The molecular weight excluding hydrogens is 374 g/mol. The van der Waals surface area contributed by atoms with E-state index in [4.69, 9.17) is 16.1 Å². The molecule has 0 N–H and O–H groups in total. The van der Waals surface area contributed by atoms with Gasteiger partial charge in [-0.25, -0.2) is 0 Å². The van der Waals surface area contributed by atoms with Crippen LogP contribution < -0.4 is 0 Å². The summed E-state index contributed by atoms with van der Waals surface area (Å²) < 4.78 is 6.97. The van der Waals surface area contributed by atoms with Crippen molar-refractivity contribution in [2.24, 2.45) is 17.9 Å². The van der Waals surface area contributed by atoms with E-state index < -0.39 is 0 Å². The number of hydrogen-bond donors (Lipinski definition) is 0. The molecule has 0 aliphatic carbocycles. The van der Waals surface area contributed by atoms with Crippen molar-refractivity contribution in [2.45, 2.75) is 47.1 Å². The molecule has 0 bridgehead atoms. The summed E-state index contributed by atoms with van der Waals surface area (Å²) in [6.07, 6.45) is 2.57. The number of rotatable bonds is 5. The van der Waals surface area contributed by atoms with Crippen LogP contribution in [0.15, 0.2) is 10.6 Å². The van der Waals surface area contributed by atoms with E-state index in [-0.39, 0.29) is 0 Å².